The Labute approximate surface area is 86.5 Å². The molecule has 1 unspecified atom stereocenters. The van der Waals surface area contributed by atoms with Gasteiger partial charge in [-0.1, -0.05) is 0 Å². The van der Waals surface area contributed by atoms with E-state index in [2.05, 4.69) is 0 Å². The molecule has 84 valence electrons. The Morgan fingerprint density at radius 2 is 1.86 bits per heavy atom. The number of carbonyl (C=O) groups excluding carboxylic acids is 1. The lowest BCUT2D eigenvalue weighted by molar-refractivity contribution is -0.135. The van der Waals surface area contributed by atoms with E-state index in [9.17, 15) is 4.79 Å². The number of amides is 1. The fourth-order valence-electron chi connectivity index (χ4n) is 1.34. The average molecular weight is 202 g/mol. The highest BCUT2D eigenvalue weighted by Crippen LogP contribution is 2.01. The zero-order valence-electron chi connectivity index (χ0n) is 9.66. The molecule has 0 aliphatic heterocycles. The van der Waals surface area contributed by atoms with Crippen LogP contribution in [0.4, 0.5) is 0 Å². The van der Waals surface area contributed by atoms with Gasteiger partial charge in [0.25, 0.3) is 0 Å². The van der Waals surface area contributed by atoms with Crippen LogP contribution >= 0.6 is 0 Å². The molecule has 0 bridgehead atoms. The predicted molar refractivity (Wildman–Crippen MR) is 57.1 cm³/mol. The molecule has 4 nitrogen and oxygen atoms in total. The van der Waals surface area contributed by atoms with Crippen LogP contribution in [0.25, 0.3) is 0 Å². The van der Waals surface area contributed by atoms with E-state index in [1.165, 1.54) is 0 Å². The first-order valence-corrected chi connectivity index (χ1v) is 5.18. The fraction of sp³-hybridized carbons (Fsp3) is 0.900. The Balaban J connectivity index is 4.21. The largest absolute Gasteiger partial charge is 0.395 e. The van der Waals surface area contributed by atoms with E-state index in [0.717, 1.165) is 13.1 Å². The molecular formula is C10H22N2O2. The molecule has 0 aromatic rings. The van der Waals surface area contributed by atoms with Crippen molar-refractivity contribution in [2.24, 2.45) is 0 Å². The summed E-state index contributed by atoms with van der Waals surface area (Å²) < 4.78 is 0. The highest BCUT2D eigenvalue weighted by atomic mass is 16.3. The molecule has 4 heteroatoms. The smallest absolute Gasteiger partial charge is 0.239 e. The molecule has 0 aromatic heterocycles. The first-order valence-electron chi connectivity index (χ1n) is 5.18. The molecule has 0 saturated carbocycles. The molecule has 1 amide bonds. The maximum absolute atomic E-state index is 11.8. The zero-order valence-corrected chi connectivity index (χ0v) is 9.66. The van der Waals surface area contributed by atoms with E-state index in [1.807, 2.05) is 32.7 Å². The highest BCUT2D eigenvalue weighted by molar-refractivity contribution is 5.81. The lowest BCUT2D eigenvalue weighted by atomic mass is 10.2. The maximum atomic E-state index is 11.8. The van der Waals surface area contributed by atoms with Gasteiger partial charge in [-0.15, -0.1) is 0 Å². The van der Waals surface area contributed by atoms with Crippen LogP contribution in [0.15, 0.2) is 0 Å². The predicted octanol–water partition coefficient (Wildman–Crippen LogP) is 0.167. The molecule has 0 aliphatic rings. The second kappa shape index (κ2) is 6.79. The van der Waals surface area contributed by atoms with E-state index in [0.29, 0.717) is 6.54 Å². The van der Waals surface area contributed by atoms with Gasteiger partial charge in [0.05, 0.1) is 12.6 Å². The molecule has 0 aliphatic carbocycles. The minimum Gasteiger partial charge on any atom is -0.395 e. The van der Waals surface area contributed by atoms with Gasteiger partial charge in [-0.2, -0.15) is 0 Å². The SMILES string of the molecule is CCN(CC)C(=O)C(C)N(C)CCO. The Kier molecular flexibility index (Phi) is 6.49. The van der Waals surface area contributed by atoms with Crippen LogP contribution in [0, 0.1) is 0 Å². The van der Waals surface area contributed by atoms with Crippen LogP contribution in [0.5, 0.6) is 0 Å². The fourth-order valence-corrected chi connectivity index (χ4v) is 1.34. The molecule has 14 heavy (non-hydrogen) atoms. The summed E-state index contributed by atoms with van der Waals surface area (Å²) in [7, 11) is 1.85. The molecular weight excluding hydrogens is 180 g/mol. The van der Waals surface area contributed by atoms with Crippen molar-refractivity contribution in [1.29, 1.82) is 0 Å². The van der Waals surface area contributed by atoms with Crippen molar-refractivity contribution in [2.75, 3.05) is 33.3 Å². The minimum absolute atomic E-state index is 0.0897. The number of carbonyl (C=O) groups is 1. The first kappa shape index (κ1) is 13.4. The molecule has 0 saturated heterocycles. The summed E-state index contributed by atoms with van der Waals surface area (Å²) in [5, 5.41) is 8.75. The number of hydrogen-bond acceptors (Lipinski definition) is 3. The van der Waals surface area contributed by atoms with E-state index in [-0.39, 0.29) is 18.6 Å². The van der Waals surface area contributed by atoms with Crippen molar-refractivity contribution in [3.05, 3.63) is 0 Å². The van der Waals surface area contributed by atoms with Gasteiger partial charge in [0.1, 0.15) is 0 Å². The summed E-state index contributed by atoms with van der Waals surface area (Å²) in [5.41, 5.74) is 0. The second-order valence-electron chi connectivity index (χ2n) is 3.39. The van der Waals surface area contributed by atoms with Crippen molar-refractivity contribution in [2.45, 2.75) is 26.8 Å². The van der Waals surface area contributed by atoms with Gasteiger partial charge in [-0.3, -0.25) is 9.69 Å². The Hall–Kier alpha value is -0.610. The molecule has 0 spiro atoms. The summed E-state index contributed by atoms with van der Waals surface area (Å²) in [6.45, 7) is 7.93. The quantitative estimate of drug-likeness (QED) is 0.667. The van der Waals surface area contributed by atoms with E-state index < -0.39 is 0 Å². The molecule has 1 N–H and O–H groups in total. The van der Waals surface area contributed by atoms with Crippen molar-refractivity contribution in [1.82, 2.24) is 9.80 Å². The third kappa shape index (κ3) is 3.64. The summed E-state index contributed by atoms with van der Waals surface area (Å²) in [4.78, 5) is 15.5. The number of aliphatic hydroxyl groups excluding tert-OH is 1. The van der Waals surface area contributed by atoms with E-state index in [1.54, 1.807) is 4.90 Å². The molecule has 1 atom stereocenters. The number of rotatable bonds is 6. The standard InChI is InChI=1S/C10H22N2O2/c1-5-12(6-2)10(14)9(3)11(4)7-8-13/h9,13H,5-8H2,1-4H3. The lowest BCUT2D eigenvalue weighted by Crippen LogP contribution is -2.46. The van der Waals surface area contributed by atoms with Gasteiger partial charge in [0, 0.05) is 19.6 Å². The van der Waals surface area contributed by atoms with Gasteiger partial charge in [-0.25, -0.2) is 0 Å². The number of hydrogen-bond donors (Lipinski definition) is 1. The van der Waals surface area contributed by atoms with Crippen LogP contribution in [0.2, 0.25) is 0 Å². The monoisotopic (exact) mass is 202 g/mol. The summed E-state index contributed by atoms with van der Waals surface area (Å²) >= 11 is 0. The number of aliphatic hydroxyl groups is 1. The first-order chi connectivity index (χ1) is 6.58. The highest BCUT2D eigenvalue weighted by Gasteiger charge is 2.21. The topological polar surface area (TPSA) is 43.8 Å². The second-order valence-corrected chi connectivity index (χ2v) is 3.39. The van der Waals surface area contributed by atoms with Crippen molar-refractivity contribution in [3.8, 4) is 0 Å². The summed E-state index contributed by atoms with van der Waals surface area (Å²) in [6.07, 6.45) is 0. The Bertz CT molecular complexity index is 170. The third-order valence-electron chi connectivity index (χ3n) is 2.55. The van der Waals surface area contributed by atoms with Crippen molar-refractivity contribution < 1.29 is 9.90 Å². The van der Waals surface area contributed by atoms with Gasteiger partial charge >= 0.3 is 0 Å². The molecule has 0 radical (unpaired) electrons. The molecule has 0 heterocycles. The number of nitrogens with zero attached hydrogens (tertiary/aromatic N) is 2. The number of likely N-dealkylation sites (N-methyl/N-ethyl adjacent to an activating group) is 2. The summed E-state index contributed by atoms with van der Waals surface area (Å²) in [6, 6.07) is -0.151. The normalized spacial score (nSPS) is 13.0. The van der Waals surface area contributed by atoms with Gasteiger partial charge in [-0.05, 0) is 27.8 Å². The van der Waals surface area contributed by atoms with Crippen molar-refractivity contribution in [3.63, 3.8) is 0 Å². The van der Waals surface area contributed by atoms with Crippen LogP contribution in [-0.4, -0.2) is 60.1 Å². The summed E-state index contributed by atoms with van der Waals surface area (Å²) in [5.74, 6) is 0.131. The molecule has 0 fully saturated rings. The third-order valence-corrected chi connectivity index (χ3v) is 2.55. The van der Waals surface area contributed by atoms with Gasteiger partial charge in [0.2, 0.25) is 5.91 Å². The van der Waals surface area contributed by atoms with Gasteiger partial charge < -0.3 is 10.0 Å². The van der Waals surface area contributed by atoms with Crippen LogP contribution in [-0.2, 0) is 4.79 Å². The van der Waals surface area contributed by atoms with E-state index >= 15 is 0 Å². The van der Waals surface area contributed by atoms with Crippen LogP contribution in [0.3, 0.4) is 0 Å². The van der Waals surface area contributed by atoms with Gasteiger partial charge in [0.15, 0.2) is 0 Å². The average Bonchev–Trinajstić information content (AvgIpc) is 2.18. The Morgan fingerprint density at radius 1 is 1.36 bits per heavy atom. The lowest BCUT2D eigenvalue weighted by Gasteiger charge is -2.28. The van der Waals surface area contributed by atoms with Crippen LogP contribution < -0.4 is 0 Å². The molecule has 0 aromatic carbocycles. The van der Waals surface area contributed by atoms with Crippen molar-refractivity contribution >= 4 is 5.91 Å². The minimum atomic E-state index is -0.151. The Morgan fingerprint density at radius 3 is 2.21 bits per heavy atom. The maximum Gasteiger partial charge on any atom is 0.239 e. The molecule has 0 rings (SSSR count). The van der Waals surface area contributed by atoms with E-state index in [4.69, 9.17) is 5.11 Å². The van der Waals surface area contributed by atoms with Crippen LogP contribution in [0.1, 0.15) is 20.8 Å². The zero-order chi connectivity index (χ0) is 11.1.